The van der Waals surface area contributed by atoms with Crippen LogP contribution in [0.15, 0.2) is 67.0 Å². The molecule has 0 unspecified atom stereocenters. The zero-order valence-corrected chi connectivity index (χ0v) is 17.8. The average Bonchev–Trinajstić information content (AvgIpc) is 3.24. The lowest BCUT2D eigenvalue weighted by Crippen LogP contribution is -2.46. The number of methoxy groups -OCH3 is 1. The minimum atomic E-state index is 0.187. The van der Waals surface area contributed by atoms with Gasteiger partial charge in [-0.2, -0.15) is 0 Å². The highest BCUT2D eigenvalue weighted by Crippen LogP contribution is 2.31. The Morgan fingerprint density at radius 1 is 1.03 bits per heavy atom. The van der Waals surface area contributed by atoms with Crippen LogP contribution in [0.1, 0.15) is 17.4 Å². The largest absolute Gasteiger partial charge is 0.496 e. The predicted octanol–water partition coefficient (Wildman–Crippen LogP) is 3.29. The lowest BCUT2D eigenvalue weighted by Gasteiger charge is -2.38. The van der Waals surface area contributed by atoms with Crippen molar-refractivity contribution in [2.45, 2.75) is 12.6 Å². The van der Waals surface area contributed by atoms with Gasteiger partial charge in [-0.15, -0.1) is 5.10 Å². The summed E-state index contributed by atoms with van der Waals surface area (Å²) in [4.78, 5) is 9.30. The minimum Gasteiger partial charge on any atom is -0.496 e. The van der Waals surface area contributed by atoms with E-state index in [9.17, 15) is 0 Å². The van der Waals surface area contributed by atoms with Gasteiger partial charge in [-0.25, -0.2) is 4.52 Å². The van der Waals surface area contributed by atoms with Crippen molar-refractivity contribution in [3.63, 3.8) is 0 Å². The lowest BCUT2D eigenvalue weighted by molar-refractivity contribution is 0.0881. The van der Waals surface area contributed by atoms with Crippen molar-refractivity contribution in [2.24, 2.45) is 0 Å². The van der Waals surface area contributed by atoms with Crippen molar-refractivity contribution < 1.29 is 4.74 Å². The molecule has 31 heavy (non-hydrogen) atoms. The highest BCUT2D eigenvalue weighted by molar-refractivity contribution is 5.71. The molecular formula is C24H26N6O. The quantitative estimate of drug-likeness (QED) is 0.500. The third-order valence-electron chi connectivity index (χ3n) is 6.02. The van der Waals surface area contributed by atoms with Gasteiger partial charge in [-0.3, -0.25) is 14.8 Å². The van der Waals surface area contributed by atoms with E-state index < -0.39 is 0 Å². The molecule has 4 heterocycles. The first kappa shape index (κ1) is 19.7. The van der Waals surface area contributed by atoms with Crippen LogP contribution in [0.25, 0.3) is 16.6 Å². The number of rotatable bonds is 5. The van der Waals surface area contributed by atoms with E-state index in [0.717, 1.165) is 60.0 Å². The van der Waals surface area contributed by atoms with E-state index >= 15 is 0 Å². The Balaban J connectivity index is 1.43. The molecule has 0 N–H and O–H groups in total. The Hall–Kier alpha value is -3.29. The van der Waals surface area contributed by atoms with Gasteiger partial charge in [-0.1, -0.05) is 35.5 Å². The van der Waals surface area contributed by atoms with E-state index in [4.69, 9.17) is 4.74 Å². The first-order valence-electron chi connectivity index (χ1n) is 10.5. The molecule has 0 aliphatic carbocycles. The molecule has 1 aliphatic rings. The monoisotopic (exact) mass is 414 g/mol. The van der Waals surface area contributed by atoms with Crippen molar-refractivity contribution in [3.8, 4) is 16.9 Å². The molecule has 5 rings (SSSR count). The number of para-hydroxylation sites is 1. The molecule has 7 nitrogen and oxygen atoms in total. The van der Waals surface area contributed by atoms with Crippen molar-refractivity contribution in [1.29, 1.82) is 0 Å². The van der Waals surface area contributed by atoms with Crippen LogP contribution in [0, 0.1) is 0 Å². The standard InChI is InChI=1S/C24H26N6O/c1-28-13-14-29(16-19-7-5-6-12-25-19)17-22(28)24-21-11-10-18(15-30(21)27-26-24)20-8-3-4-9-23(20)31-2/h3-12,15,22H,13-14,16-17H2,1-2H3/t22-/m1/s1. The predicted molar refractivity (Wildman–Crippen MR) is 120 cm³/mol. The van der Waals surface area contributed by atoms with Gasteiger partial charge in [0.2, 0.25) is 0 Å². The van der Waals surface area contributed by atoms with Crippen LogP contribution in [0.3, 0.4) is 0 Å². The molecule has 1 aliphatic heterocycles. The third kappa shape index (κ3) is 3.89. The Kier molecular flexibility index (Phi) is 5.36. The number of likely N-dealkylation sites (N-methyl/N-ethyl adjacent to an activating group) is 1. The summed E-state index contributed by atoms with van der Waals surface area (Å²) in [6, 6.07) is 18.5. The lowest BCUT2D eigenvalue weighted by atomic mass is 10.0. The summed E-state index contributed by atoms with van der Waals surface area (Å²) in [7, 11) is 3.86. The Bertz CT molecular complexity index is 1180. The molecule has 0 saturated carbocycles. The van der Waals surface area contributed by atoms with Crippen molar-refractivity contribution in [2.75, 3.05) is 33.8 Å². The van der Waals surface area contributed by atoms with Crippen LogP contribution < -0.4 is 4.74 Å². The Morgan fingerprint density at radius 3 is 2.74 bits per heavy atom. The van der Waals surface area contributed by atoms with Crippen molar-refractivity contribution in [1.82, 2.24) is 29.6 Å². The average molecular weight is 415 g/mol. The highest BCUT2D eigenvalue weighted by Gasteiger charge is 2.29. The summed E-state index contributed by atoms with van der Waals surface area (Å²) in [5, 5.41) is 9.03. The number of ether oxygens (including phenoxy) is 1. The van der Waals surface area contributed by atoms with Gasteiger partial charge in [0.25, 0.3) is 0 Å². The summed E-state index contributed by atoms with van der Waals surface area (Å²) in [6.07, 6.45) is 3.88. The number of hydrogen-bond donors (Lipinski definition) is 0. The minimum absolute atomic E-state index is 0.187. The van der Waals surface area contributed by atoms with Crippen LogP contribution in [0.5, 0.6) is 5.75 Å². The number of fused-ring (bicyclic) bond motifs is 1. The number of pyridine rings is 2. The van der Waals surface area contributed by atoms with Crippen LogP contribution >= 0.6 is 0 Å². The molecule has 1 fully saturated rings. The summed E-state index contributed by atoms with van der Waals surface area (Å²) in [6.45, 7) is 3.74. The number of piperazine rings is 1. The van der Waals surface area contributed by atoms with Gasteiger partial charge >= 0.3 is 0 Å². The highest BCUT2D eigenvalue weighted by atomic mass is 16.5. The normalized spacial score (nSPS) is 17.8. The molecule has 1 saturated heterocycles. The van der Waals surface area contributed by atoms with Gasteiger partial charge < -0.3 is 4.74 Å². The molecule has 1 atom stereocenters. The number of aromatic nitrogens is 4. The van der Waals surface area contributed by atoms with Crippen LogP contribution in [-0.4, -0.2) is 63.4 Å². The summed E-state index contributed by atoms with van der Waals surface area (Å²) < 4.78 is 7.40. The molecule has 3 aromatic heterocycles. The van der Waals surface area contributed by atoms with Crippen LogP contribution in [0.4, 0.5) is 0 Å². The summed E-state index contributed by atoms with van der Waals surface area (Å²) in [5.41, 5.74) is 5.24. The topological polar surface area (TPSA) is 58.8 Å². The SMILES string of the molecule is COc1ccccc1-c1ccc2c([C@H]3CN(Cc4ccccn4)CCN3C)nnn2c1. The van der Waals surface area contributed by atoms with Crippen LogP contribution in [0.2, 0.25) is 0 Å². The fourth-order valence-electron chi connectivity index (χ4n) is 4.28. The van der Waals surface area contributed by atoms with E-state index in [-0.39, 0.29) is 6.04 Å². The zero-order valence-electron chi connectivity index (χ0n) is 17.8. The third-order valence-corrected chi connectivity index (χ3v) is 6.02. The molecule has 0 amide bonds. The second kappa shape index (κ2) is 8.45. The second-order valence-electron chi connectivity index (χ2n) is 7.98. The van der Waals surface area contributed by atoms with Gasteiger partial charge in [-0.05, 0) is 31.3 Å². The maximum Gasteiger partial charge on any atom is 0.126 e. The molecule has 0 radical (unpaired) electrons. The zero-order chi connectivity index (χ0) is 21.2. The molecule has 4 aromatic rings. The number of nitrogens with zero attached hydrogens (tertiary/aromatic N) is 6. The van der Waals surface area contributed by atoms with E-state index in [2.05, 4.69) is 56.4 Å². The molecular weight excluding hydrogens is 388 g/mol. The van der Waals surface area contributed by atoms with Gasteiger partial charge in [0.05, 0.1) is 24.4 Å². The van der Waals surface area contributed by atoms with Gasteiger partial charge in [0.15, 0.2) is 0 Å². The Morgan fingerprint density at radius 2 is 1.90 bits per heavy atom. The van der Waals surface area contributed by atoms with Crippen LogP contribution in [-0.2, 0) is 6.54 Å². The van der Waals surface area contributed by atoms with Gasteiger partial charge in [0.1, 0.15) is 11.4 Å². The molecule has 1 aromatic carbocycles. The smallest absolute Gasteiger partial charge is 0.126 e. The summed E-state index contributed by atoms with van der Waals surface area (Å²) in [5.74, 6) is 0.847. The maximum atomic E-state index is 5.52. The molecule has 0 bridgehead atoms. The molecule has 7 heteroatoms. The van der Waals surface area contributed by atoms with Crippen molar-refractivity contribution in [3.05, 3.63) is 78.4 Å². The van der Waals surface area contributed by atoms with Crippen molar-refractivity contribution >= 4 is 5.52 Å². The number of benzene rings is 1. The van der Waals surface area contributed by atoms with E-state index in [1.54, 1.807) is 7.11 Å². The summed E-state index contributed by atoms with van der Waals surface area (Å²) >= 11 is 0. The van der Waals surface area contributed by atoms with E-state index in [1.165, 1.54) is 0 Å². The first-order chi connectivity index (χ1) is 15.2. The molecule has 0 spiro atoms. The van der Waals surface area contributed by atoms with E-state index in [1.807, 2.05) is 47.2 Å². The second-order valence-corrected chi connectivity index (χ2v) is 7.98. The fourth-order valence-corrected chi connectivity index (χ4v) is 4.28. The number of hydrogen-bond acceptors (Lipinski definition) is 6. The molecule has 158 valence electrons. The van der Waals surface area contributed by atoms with E-state index in [0.29, 0.717) is 0 Å². The fraction of sp³-hybridized carbons (Fsp3) is 0.292. The Labute approximate surface area is 181 Å². The van der Waals surface area contributed by atoms with Gasteiger partial charge in [0, 0.05) is 49.7 Å². The maximum absolute atomic E-state index is 5.52. The first-order valence-corrected chi connectivity index (χ1v) is 10.5.